The molecule has 0 saturated carbocycles. The number of hydrogen-bond donors (Lipinski definition) is 0. The van der Waals surface area contributed by atoms with Crippen LogP contribution in [0.4, 0.5) is 0 Å². The van der Waals surface area contributed by atoms with E-state index in [-0.39, 0.29) is 11.8 Å². The highest BCUT2D eigenvalue weighted by Gasteiger charge is 2.22. The first-order valence-electron chi connectivity index (χ1n) is 12.0. The molecular formula is C26H29Cl2N5O2S. The number of benzene rings is 2. The van der Waals surface area contributed by atoms with Crippen LogP contribution < -0.4 is 0 Å². The highest BCUT2D eigenvalue weighted by Crippen LogP contribution is 2.29. The first kappa shape index (κ1) is 26.5. The van der Waals surface area contributed by atoms with Gasteiger partial charge in [0.05, 0.1) is 15.7 Å². The van der Waals surface area contributed by atoms with Crippen molar-refractivity contribution in [3.05, 3.63) is 70.0 Å². The molecule has 1 aromatic heterocycles. The number of amides is 2. The van der Waals surface area contributed by atoms with Gasteiger partial charge in [0.25, 0.3) is 0 Å². The van der Waals surface area contributed by atoms with Crippen LogP contribution in [0.3, 0.4) is 0 Å². The van der Waals surface area contributed by atoms with Gasteiger partial charge in [-0.15, -0.1) is 10.2 Å². The highest BCUT2D eigenvalue weighted by atomic mass is 35.5. The summed E-state index contributed by atoms with van der Waals surface area (Å²) >= 11 is 14.1. The van der Waals surface area contributed by atoms with Gasteiger partial charge in [-0.1, -0.05) is 65.3 Å². The summed E-state index contributed by atoms with van der Waals surface area (Å²) in [5, 5.41) is 10.7. The zero-order valence-electron chi connectivity index (χ0n) is 20.2. The minimum absolute atomic E-state index is 0.0692. The molecule has 1 aliphatic heterocycles. The van der Waals surface area contributed by atoms with E-state index in [1.54, 1.807) is 29.7 Å². The first-order valence-corrected chi connectivity index (χ1v) is 13.8. The van der Waals surface area contributed by atoms with E-state index in [1.807, 2.05) is 39.8 Å². The largest absolute Gasteiger partial charge is 0.339 e. The molecule has 190 valence electrons. The Labute approximate surface area is 225 Å². The van der Waals surface area contributed by atoms with Crippen molar-refractivity contribution in [1.82, 2.24) is 24.6 Å². The molecule has 3 aromatic rings. The summed E-state index contributed by atoms with van der Waals surface area (Å²) < 4.78 is 2.03. The summed E-state index contributed by atoms with van der Waals surface area (Å²) in [5.41, 5.74) is 2.01. The number of hydrogen-bond acceptors (Lipinski definition) is 5. The van der Waals surface area contributed by atoms with Gasteiger partial charge in [-0.2, -0.15) is 0 Å². The van der Waals surface area contributed by atoms with Crippen LogP contribution in [0.25, 0.3) is 5.69 Å². The van der Waals surface area contributed by atoms with E-state index in [1.165, 1.54) is 0 Å². The molecule has 2 aromatic carbocycles. The van der Waals surface area contributed by atoms with E-state index in [2.05, 4.69) is 22.3 Å². The molecule has 4 rings (SSSR count). The monoisotopic (exact) mass is 545 g/mol. The standard InChI is InChI=1S/C26H29Cl2N5O2S/c1-19(34)31-12-14-32(15-13-31)25(35)9-5-6-16-36-26-30-29-24(17-20-7-3-2-4-8-20)33(26)21-10-11-22(27)23(28)18-21/h2-4,7-8,10-11,18H,5-6,9,12-17H2,1H3. The molecule has 1 aliphatic rings. The number of nitrogens with zero attached hydrogens (tertiary/aromatic N) is 5. The van der Waals surface area contributed by atoms with E-state index in [0.717, 1.165) is 40.8 Å². The summed E-state index contributed by atoms with van der Waals surface area (Å²) in [6.45, 7) is 4.04. The van der Waals surface area contributed by atoms with Crippen molar-refractivity contribution in [2.45, 2.75) is 37.8 Å². The average molecular weight is 547 g/mol. The van der Waals surface area contributed by atoms with E-state index >= 15 is 0 Å². The van der Waals surface area contributed by atoms with Gasteiger partial charge >= 0.3 is 0 Å². The number of rotatable bonds is 9. The highest BCUT2D eigenvalue weighted by molar-refractivity contribution is 7.99. The van der Waals surface area contributed by atoms with Crippen LogP contribution in [0.2, 0.25) is 10.0 Å². The number of aromatic nitrogens is 3. The minimum atomic E-state index is 0.0692. The van der Waals surface area contributed by atoms with Gasteiger partial charge in [0.2, 0.25) is 11.8 Å². The third-order valence-electron chi connectivity index (χ3n) is 6.16. The van der Waals surface area contributed by atoms with Crippen molar-refractivity contribution in [3.63, 3.8) is 0 Å². The second-order valence-electron chi connectivity index (χ2n) is 8.69. The Balaban J connectivity index is 1.35. The van der Waals surface area contributed by atoms with Gasteiger partial charge in [-0.3, -0.25) is 14.2 Å². The summed E-state index contributed by atoms with van der Waals surface area (Å²) in [4.78, 5) is 27.7. The Morgan fingerprint density at radius 1 is 0.917 bits per heavy atom. The van der Waals surface area contributed by atoms with Crippen molar-refractivity contribution >= 4 is 46.8 Å². The predicted molar refractivity (Wildman–Crippen MR) is 144 cm³/mol. The molecule has 0 bridgehead atoms. The Bertz CT molecular complexity index is 1200. The van der Waals surface area contributed by atoms with Crippen LogP contribution in [0.5, 0.6) is 0 Å². The molecule has 36 heavy (non-hydrogen) atoms. The second kappa shape index (κ2) is 12.6. The van der Waals surface area contributed by atoms with Crippen LogP contribution in [0, 0.1) is 0 Å². The van der Waals surface area contributed by atoms with E-state index < -0.39 is 0 Å². The molecule has 1 saturated heterocycles. The number of carbonyl (C=O) groups excluding carboxylic acids is 2. The van der Waals surface area contributed by atoms with Gasteiger partial charge in [0.1, 0.15) is 5.82 Å². The molecule has 0 radical (unpaired) electrons. The number of unbranched alkanes of at least 4 members (excludes halogenated alkanes) is 1. The van der Waals surface area contributed by atoms with Crippen molar-refractivity contribution in [2.75, 3.05) is 31.9 Å². The SMILES string of the molecule is CC(=O)N1CCN(C(=O)CCCCSc2nnc(Cc3ccccc3)n2-c2ccc(Cl)c(Cl)c2)CC1. The fourth-order valence-electron chi connectivity index (χ4n) is 4.14. The van der Waals surface area contributed by atoms with Gasteiger partial charge in [0, 0.05) is 51.7 Å². The predicted octanol–water partition coefficient (Wildman–Crippen LogP) is 5.12. The van der Waals surface area contributed by atoms with Crippen LogP contribution in [0.15, 0.2) is 53.7 Å². The number of halogens is 2. The fraction of sp³-hybridized carbons (Fsp3) is 0.385. The number of piperazine rings is 1. The van der Waals surface area contributed by atoms with Crippen molar-refractivity contribution in [1.29, 1.82) is 0 Å². The lowest BCUT2D eigenvalue weighted by Gasteiger charge is -2.34. The second-order valence-corrected chi connectivity index (χ2v) is 10.6. The Morgan fingerprint density at radius 3 is 2.33 bits per heavy atom. The molecule has 7 nitrogen and oxygen atoms in total. The lowest BCUT2D eigenvalue weighted by molar-refractivity contribution is -0.138. The molecule has 0 spiro atoms. The number of thioether (sulfide) groups is 1. The van der Waals surface area contributed by atoms with E-state index in [0.29, 0.717) is 49.1 Å². The lowest BCUT2D eigenvalue weighted by Crippen LogP contribution is -2.50. The molecule has 0 unspecified atom stereocenters. The fourth-order valence-corrected chi connectivity index (χ4v) is 5.40. The van der Waals surface area contributed by atoms with Crippen molar-refractivity contribution in [3.8, 4) is 5.69 Å². The first-order chi connectivity index (χ1) is 17.4. The summed E-state index contributed by atoms with van der Waals surface area (Å²) in [5.74, 6) is 1.87. The van der Waals surface area contributed by atoms with Crippen LogP contribution in [0.1, 0.15) is 37.6 Å². The van der Waals surface area contributed by atoms with Gasteiger partial charge < -0.3 is 9.80 Å². The lowest BCUT2D eigenvalue weighted by atomic mass is 10.1. The molecule has 2 heterocycles. The Morgan fingerprint density at radius 2 is 1.64 bits per heavy atom. The van der Waals surface area contributed by atoms with E-state index in [9.17, 15) is 9.59 Å². The maximum Gasteiger partial charge on any atom is 0.222 e. The topological polar surface area (TPSA) is 71.3 Å². The van der Waals surface area contributed by atoms with Crippen molar-refractivity contribution < 1.29 is 9.59 Å². The summed E-state index contributed by atoms with van der Waals surface area (Å²) in [6.07, 6.45) is 2.84. The maximum absolute atomic E-state index is 12.5. The maximum atomic E-state index is 12.5. The molecule has 10 heteroatoms. The van der Waals surface area contributed by atoms with Crippen LogP contribution in [-0.4, -0.2) is 68.3 Å². The molecule has 1 fully saturated rings. The van der Waals surface area contributed by atoms with Crippen molar-refractivity contribution in [2.24, 2.45) is 0 Å². The molecule has 0 N–H and O–H groups in total. The summed E-state index contributed by atoms with van der Waals surface area (Å²) in [6, 6.07) is 15.7. The minimum Gasteiger partial charge on any atom is -0.339 e. The Hall–Kier alpha value is -2.55. The van der Waals surface area contributed by atoms with Crippen LogP contribution in [-0.2, 0) is 16.0 Å². The summed E-state index contributed by atoms with van der Waals surface area (Å²) in [7, 11) is 0. The Kier molecular flexibility index (Phi) is 9.29. The van der Waals surface area contributed by atoms with Gasteiger partial charge in [-0.25, -0.2) is 0 Å². The molecule has 0 aliphatic carbocycles. The molecule has 0 atom stereocenters. The zero-order chi connectivity index (χ0) is 25.5. The molecule has 2 amide bonds. The number of carbonyl (C=O) groups is 2. The van der Waals surface area contributed by atoms with E-state index in [4.69, 9.17) is 23.2 Å². The third-order valence-corrected chi connectivity index (χ3v) is 7.91. The smallest absolute Gasteiger partial charge is 0.222 e. The molecular weight excluding hydrogens is 517 g/mol. The zero-order valence-corrected chi connectivity index (χ0v) is 22.5. The van der Waals surface area contributed by atoms with Crippen LogP contribution >= 0.6 is 35.0 Å². The normalized spacial score (nSPS) is 13.8. The van der Waals surface area contributed by atoms with Gasteiger partial charge in [-0.05, 0) is 36.6 Å². The quantitative estimate of drug-likeness (QED) is 0.275. The van der Waals surface area contributed by atoms with Gasteiger partial charge in [0.15, 0.2) is 5.16 Å². The average Bonchev–Trinajstić information content (AvgIpc) is 3.28. The third kappa shape index (κ3) is 6.81.